The third-order valence-corrected chi connectivity index (χ3v) is 4.01. The van der Waals surface area contributed by atoms with Crippen molar-refractivity contribution < 1.29 is 0 Å². The lowest BCUT2D eigenvalue weighted by Crippen LogP contribution is -2.11. The molecule has 0 aliphatic rings. The molecule has 90 valence electrons. The highest BCUT2D eigenvalue weighted by Crippen LogP contribution is 2.28. The first kappa shape index (κ1) is 11.4. The predicted octanol–water partition coefficient (Wildman–Crippen LogP) is 3.65. The van der Waals surface area contributed by atoms with Crippen LogP contribution in [0.25, 0.3) is 10.9 Å². The summed E-state index contributed by atoms with van der Waals surface area (Å²) in [6, 6.07) is 12.2. The number of aromatic nitrogens is 1. The van der Waals surface area contributed by atoms with Crippen molar-refractivity contribution in [3.8, 4) is 0 Å². The fourth-order valence-electron chi connectivity index (χ4n) is 2.20. The third kappa shape index (κ3) is 1.92. The van der Waals surface area contributed by atoms with Crippen molar-refractivity contribution in [2.75, 3.05) is 0 Å². The second-order valence-corrected chi connectivity index (χ2v) is 5.50. The van der Waals surface area contributed by atoms with Crippen LogP contribution in [0.4, 0.5) is 0 Å². The van der Waals surface area contributed by atoms with Crippen LogP contribution in [0.2, 0.25) is 0 Å². The van der Waals surface area contributed by atoms with Gasteiger partial charge in [-0.25, -0.2) is 0 Å². The lowest BCUT2D eigenvalue weighted by molar-refractivity contribution is 0.883. The largest absolute Gasteiger partial charge is 0.320 e. The fourth-order valence-corrected chi connectivity index (χ4v) is 2.94. The zero-order valence-corrected chi connectivity index (χ0v) is 10.9. The Bertz CT molecular complexity index is 682. The van der Waals surface area contributed by atoms with E-state index in [4.69, 9.17) is 5.73 Å². The van der Waals surface area contributed by atoms with Crippen LogP contribution in [0.5, 0.6) is 0 Å². The lowest BCUT2D eigenvalue weighted by Gasteiger charge is -2.13. The molecule has 0 spiro atoms. The number of aryl methyl sites for hydroxylation is 1. The summed E-state index contributed by atoms with van der Waals surface area (Å²) in [5.41, 5.74) is 9.68. The standard InChI is InChI=1S/C15H14N2S/c1-10-8-11(9-18-10)15(16)13-6-7-17-14-5-3-2-4-12(13)14/h2-9,15H,16H2,1H3. The number of hydrogen-bond donors (Lipinski definition) is 1. The van der Waals surface area contributed by atoms with Crippen LogP contribution in [0.3, 0.4) is 0 Å². The molecule has 0 amide bonds. The number of hydrogen-bond acceptors (Lipinski definition) is 3. The molecule has 0 fully saturated rings. The van der Waals surface area contributed by atoms with Crippen molar-refractivity contribution in [2.24, 2.45) is 5.73 Å². The van der Waals surface area contributed by atoms with Gasteiger partial charge in [-0.2, -0.15) is 0 Å². The fraction of sp³-hybridized carbons (Fsp3) is 0.133. The molecular weight excluding hydrogens is 240 g/mol. The molecule has 2 heterocycles. The summed E-state index contributed by atoms with van der Waals surface area (Å²) in [6.07, 6.45) is 1.83. The first-order valence-corrected chi connectivity index (χ1v) is 6.78. The quantitative estimate of drug-likeness (QED) is 0.758. The normalized spacial score (nSPS) is 12.8. The van der Waals surface area contributed by atoms with Crippen LogP contribution in [0, 0.1) is 6.92 Å². The van der Waals surface area contributed by atoms with Crippen molar-refractivity contribution in [3.05, 3.63) is 64.0 Å². The van der Waals surface area contributed by atoms with E-state index in [9.17, 15) is 0 Å². The molecule has 3 rings (SSSR count). The molecular formula is C15H14N2S. The minimum atomic E-state index is -0.0807. The maximum atomic E-state index is 6.37. The molecule has 2 nitrogen and oxygen atoms in total. The number of rotatable bonds is 2. The summed E-state index contributed by atoms with van der Waals surface area (Å²) in [6.45, 7) is 2.10. The van der Waals surface area contributed by atoms with Crippen molar-refractivity contribution in [3.63, 3.8) is 0 Å². The highest BCUT2D eigenvalue weighted by Gasteiger charge is 2.13. The number of nitrogens with zero attached hydrogens (tertiary/aromatic N) is 1. The van der Waals surface area contributed by atoms with Crippen molar-refractivity contribution >= 4 is 22.2 Å². The van der Waals surface area contributed by atoms with Crippen LogP contribution in [-0.2, 0) is 0 Å². The van der Waals surface area contributed by atoms with Crippen molar-refractivity contribution in [1.82, 2.24) is 4.98 Å². The van der Waals surface area contributed by atoms with Crippen LogP contribution in [0.15, 0.2) is 48.0 Å². The first-order valence-electron chi connectivity index (χ1n) is 5.90. The van der Waals surface area contributed by atoms with Gasteiger partial charge in [0, 0.05) is 16.5 Å². The molecule has 3 aromatic rings. The highest BCUT2D eigenvalue weighted by atomic mass is 32.1. The van der Waals surface area contributed by atoms with Gasteiger partial charge in [-0.05, 0) is 41.6 Å². The average molecular weight is 254 g/mol. The number of thiophene rings is 1. The molecule has 0 saturated carbocycles. The van der Waals surface area contributed by atoms with Crippen LogP contribution in [-0.4, -0.2) is 4.98 Å². The molecule has 0 saturated heterocycles. The van der Waals surface area contributed by atoms with E-state index in [1.807, 2.05) is 30.5 Å². The Morgan fingerprint density at radius 3 is 2.83 bits per heavy atom. The minimum absolute atomic E-state index is 0.0807. The van der Waals surface area contributed by atoms with Gasteiger partial charge >= 0.3 is 0 Å². The maximum absolute atomic E-state index is 6.37. The SMILES string of the molecule is Cc1cc(C(N)c2ccnc3ccccc23)cs1. The first-order chi connectivity index (χ1) is 8.75. The van der Waals surface area contributed by atoms with E-state index < -0.39 is 0 Å². The zero-order valence-electron chi connectivity index (χ0n) is 10.1. The van der Waals surface area contributed by atoms with E-state index in [-0.39, 0.29) is 6.04 Å². The molecule has 2 aromatic heterocycles. The summed E-state index contributed by atoms with van der Waals surface area (Å²) in [7, 11) is 0. The van der Waals surface area contributed by atoms with Crippen molar-refractivity contribution in [1.29, 1.82) is 0 Å². The van der Waals surface area contributed by atoms with E-state index in [1.165, 1.54) is 10.4 Å². The van der Waals surface area contributed by atoms with E-state index in [0.717, 1.165) is 16.5 Å². The summed E-state index contributed by atoms with van der Waals surface area (Å²) >= 11 is 1.74. The molecule has 0 aliphatic carbocycles. The van der Waals surface area contributed by atoms with Gasteiger partial charge < -0.3 is 5.73 Å². The van der Waals surface area contributed by atoms with Gasteiger partial charge in [0.1, 0.15) is 0 Å². The summed E-state index contributed by atoms with van der Waals surface area (Å²) in [4.78, 5) is 5.66. The van der Waals surface area contributed by atoms with Gasteiger partial charge in [-0.3, -0.25) is 4.98 Å². The molecule has 2 N–H and O–H groups in total. The Balaban J connectivity index is 2.14. The summed E-state index contributed by atoms with van der Waals surface area (Å²) < 4.78 is 0. The Labute approximate surface area is 110 Å². The summed E-state index contributed by atoms with van der Waals surface area (Å²) in [5, 5.41) is 3.27. The molecule has 1 atom stereocenters. The zero-order chi connectivity index (χ0) is 12.5. The Hall–Kier alpha value is -1.71. The second kappa shape index (κ2) is 4.52. The number of benzene rings is 1. The molecule has 1 unspecified atom stereocenters. The van der Waals surface area contributed by atoms with Gasteiger partial charge in [0.2, 0.25) is 0 Å². The minimum Gasteiger partial charge on any atom is -0.320 e. The number of nitrogens with two attached hydrogens (primary N) is 1. The number of para-hydroxylation sites is 1. The highest BCUT2D eigenvalue weighted by molar-refractivity contribution is 7.10. The smallest absolute Gasteiger partial charge is 0.0705 e. The van der Waals surface area contributed by atoms with Gasteiger partial charge in [0.25, 0.3) is 0 Å². The topological polar surface area (TPSA) is 38.9 Å². The van der Waals surface area contributed by atoms with E-state index in [1.54, 1.807) is 11.3 Å². The van der Waals surface area contributed by atoms with E-state index >= 15 is 0 Å². The lowest BCUT2D eigenvalue weighted by atomic mass is 9.98. The van der Waals surface area contributed by atoms with Gasteiger partial charge in [0.15, 0.2) is 0 Å². The third-order valence-electron chi connectivity index (χ3n) is 3.13. The Morgan fingerprint density at radius 2 is 2.06 bits per heavy atom. The van der Waals surface area contributed by atoms with Crippen molar-refractivity contribution in [2.45, 2.75) is 13.0 Å². The monoisotopic (exact) mass is 254 g/mol. The van der Waals surface area contributed by atoms with Gasteiger partial charge in [-0.1, -0.05) is 18.2 Å². The molecule has 0 radical (unpaired) electrons. The van der Waals surface area contributed by atoms with E-state index in [2.05, 4.69) is 29.4 Å². The molecule has 18 heavy (non-hydrogen) atoms. The predicted molar refractivity (Wildman–Crippen MR) is 76.8 cm³/mol. The van der Waals surface area contributed by atoms with Crippen LogP contribution in [0.1, 0.15) is 22.0 Å². The number of fused-ring (bicyclic) bond motifs is 1. The molecule has 0 bridgehead atoms. The molecule has 0 aliphatic heterocycles. The average Bonchev–Trinajstić information content (AvgIpc) is 2.84. The van der Waals surface area contributed by atoms with Crippen LogP contribution < -0.4 is 5.73 Å². The Kier molecular flexibility index (Phi) is 2.86. The summed E-state index contributed by atoms with van der Waals surface area (Å²) in [5.74, 6) is 0. The maximum Gasteiger partial charge on any atom is 0.0705 e. The second-order valence-electron chi connectivity index (χ2n) is 4.39. The molecule has 1 aromatic carbocycles. The van der Waals surface area contributed by atoms with Crippen LogP contribution >= 0.6 is 11.3 Å². The van der Waals surface area contributed by atoms with Gasteiger partial charge in [0.05, 0.1) is 11.6 Å². The number of pyridine rings is 1. The molecule has 3 heteroatoms. The Morgan fingerprint density at radius 1 is 1.22 bits per heavy atom. The van der Waals surface area contributed by atoms with Gasteiger partial charge in [-0.15, -0.1) is 11.3 Å². The van der Waals surface area contributed by atoms with E-state index in [0.29, 0.717) is 0 Å².